The van der Waals surface area contributed by atoms with Crippen LogP contribution in [0.15, 0.2) is 59.4 Å². The fourth-order valence-corrected chi connectivity index (χ4v) is 3.25. The zero-order valence-electron chi connectivity index (χ0n) is 17.2. The van der Waals surface area contributed by atoms with E-state index < -0.39 is 35.3 Å². The third kappa shape index (κ3) is 4.80. The Morgan fingerprint density at radius 1 is 1.06 bits per heavy atom. The number of benzene rings is 2. The zero-order chi connectivity index (χ0) is 22.5. The van der Waals surface area contributed by atoms with Crippen molar-refractivity contribution in [3.63, 3.8) is 0 Å². The number of hydrogen-bond donors (Lipinski definition) is 3. The van der Waals surface area contributed by atoms with Crippen LogP contribution in [0.5, 0.6) is 5.75 Å². The molecule has 1 aromatic heterocycles. The van der Waals surface area contributed by atoms with Crippen molar-refractivity contribution in [1.82, 2.24) is 15.1 Å². The van der Waals surface area contributed by atoms with Crippen molar-refractivity contribution in [3.8, 4) is 16.9 Å². The lowest BCUT2D eigenvalue weighted by molar-refractivity contribution is -0.135. The first kappa shape index (κ1) is 21.8. The Balaban J connectivity index is 2.10. The molecule has 0 aliphatic rings. The molecule has 0 atom stereocenters. The molecule has 3 aromatic rings. The number of amides is 1. The number of aliphatic carboxylic acids is 1. The van der Waals surface area contributed by atoms with Gasteiger partial charge < -0.3 is 15.5 Å². The van der Waals surface area contributed by atoms with Gasteiger partial charge >= 0.3 is 5.97 Å². The summed E-state index contributed by atoms with van der Waals surface area (Å²) in [4.78, 5) is 36.3. The lowest BCUT2D eigenvalue weighted by Crippen LogP contribution is -2.37. The standard InChI is InChI=1S/C23H23N3O5/c1-14(2)20-21(29)19(22(30)24-12-18(27)28)23(31)26(25-20)13-16-10-6-7-11-17(16)15-8-4-3-5-9-15/h3-11,14,29H,12-13H2,1-2H3,(H,24,30)(H,27,28). The summed E-state index contributed by atoms with van der Waals surface area (Å²) in [5.74, 6) is -3.03. The number of hydrogen-bond acceptors (Lipinski definition) is 5. The maximum absolute atomic E-state index is 13.0. The van der Waals surface area contributed by atoms with E-state index in [1.165, 1.54) is 0 Å². The number of rotatable bonds is 7. The van der Waals surface area contributed by atoms with Gasteiger partial charge in [-0.1, -0.05) is 68.4 Å². The lowest BCUT2D eigenvalue weighted by atomic mass is 9.99. The first-order valence-electron chi connectivity index (χ1n) is 9.77. The van der Waals surface area contributed by atoms with E-state index in [2.05, 4.69) is 10.4 Å². The largest absolute Gasteiger partial charge is 0.505 e. The van der Waals surface area contributed by atoms with Crippen LogP contribution in [0.1, 0.15) is 41.4 Å². The molecule has 31 heavy (non-hydrogen) atoms. The van der Waals surface area contributed by atoms with Crippen molar-refractivity contribution >= 4 is 11.9 Å². The minimum atomic E-state index is -1.26. The maximum atomic E-state index is 13.0. The number of carboxylic acids is 1. The Labute approximate surface area is 178 Å². The summed E-state index contributed by atoms with van der Waals surface area (Å²) in [5.41, 5.74) is 1.55. The Morgan fingerprint density at radius 2 is 1.71 bits per heavy atom. The van der Waals surface area contributed by atoms with Crippen LogP contribution in [0.4, 0.5) is 0 Å². The Bertz CT molecular complexity index is 1170. The highest BCUT2D eigenvalue weighted by Crippen LogP contribution is 2.26. The highest BCUT2D eigenvalue weighted by molar-refractivity contribution is 5.98. The van der Waals surface area contributed by atoms with Gasteiger partial charge in [-0.3, -0.25) is 14.4 Å². The molecule has 0 saturated carbocycles. The van der Waals surface area contributed by atoms with Crippen molar-refractivity contribution in [1.29, 1.82) is 0 Å². The van der Waals surface area contributed by atoms with Crippen molar-refractivity contribution < 1.29 is 19.8 Å². The summed E-state index contributed by atoms with van der Waals surface area (Å²) < 4.78 is 1.13. The maximum Gasteiger partial charge on any atom is 0.322 e. The second-order valence-corrected chi connectivity index (χ2v) is 7.33. The van der Waals surface area contributed by atoms with Gasteiger partial charge in [-0.2, -0.15) is 5.10 Å². The summed E-state index contributed by atoms with van der Waals surface area (Å²) in [6.45, 7) is 2.94. The number of nitrogens with one attached hydrogen (secondary N) is 1. The predicted molar refractivity (Wildman–Crippen MR) is 115 cm³/mol. The predicted octanol–water partition coefficient (Wildman–Crippen LogP) is 2.60. The SMILES string of the molecule is CC(C)c1nn(Cc2ccccc2-c2ccccc2)c(=O)c(C(=O)NCC(=O)O)c1O. The van der Waals surface area contributed by atoms with E-state index in [0.717, 1.165) is 21.4 Å². The minimum Gasteiger partial charge on any atom is -0.505 e. The average molecular weight is 421 g/mol. The first-order chi connectivity index (χ1) is 14.8. The summed E-state index contributed by atoms with van der Waals surface area (Å²) >= 11 is 0. The van der Waals surface area contributed by atoms with E-state index in [4.69, 9.17) is 5.11 Å². The molecule has 0 saturated heterocycles. The van der Waals surface area contributed by atoms with Gasteiger partial charge in [0.1, 0.15) is 17.8 Å². The second kappa shape index (κ2) is 9.25. The van der Waals surface area contributed by atoms with Crippen LogP contribution < -0.4 is 10.9 Å². The first-order valence-corrected chi connectivity index (χ1v) is 9.77. The van der Waals surface area contributed by atoms with Gasteiger partial charge in [-0.15, -0.1) is 0 Å². The molecule has 2 aromatic carbocycles. The van der Waals surface area contributed by atoms with Gasteiger partial charge in [0.05, 0.1) is 6.54 Å². The van der Waals surface area contributed by atoms with Gasteiger partial charge in [0.15, 0.2) is 5.75 Å². The fourth-order valence-electron chi connectivity index (χ4n) is 3.25. The number of carbonyl (C=O) groups excluding carboxylic acids is 1. The summed E-state index contributed by atoms with van der Waals surface area (Å²) in [7, 11) is 0. The van der Waals surface area contributed by atoms with Crippen LogP contribution in [-0.2, 0) is 11.3 Å². The van der Waals surface area contributed by atoms with Gasteiger partial charge in [0.25, 0.3) is 11.5 Å². The van der Waals surface area contributed by atoms with Crippen LogP contribution >= 0.6 is 0 Å². The summed E-state index contributed by atoms with van der Waals surface area (Å²) in [6, 6.07) is 17.2. The van der Waals surface area contributed by atoms with Crippen molar-refractivity contribution in [2.75, 3.05) is 6.54 Å². The van der Waals surface area contributed by atoms with Crippen LogP contribution in [-0.4, -0.2) is 38.4 Å². The van der Waals surface area contributed by atoms with E-state index >= 15 is 0 Å². The highest BCUT2D eigenvalue weighted by Gasteiger charge is 2.25. The number of aromatic hydroxyl groups is 1. The summed E-state index contributed by atoms with van der Waals surface area (Å²) in [6.07, 6.45) is 0. The molecule has 160 valence electrons. The van der Waals surface area contributed by atoms with Gasteiger partial charge in [-0.25, -0.2) is 4.68 Å². The average Bonchev–Trinajstić information content (AvgIpc) is 2.75. The molecule has 0 aliphatic heterocycles. The lowest BCUT2D eigenvalue weighted by Gasteiger charge is -2.16. The normalized spacial score (nSPS) is 10.8. The molecule has 0 bridgehead atoms. The van der Waals surface area contributed by atoms with Gasteiger partial charge in [0, 0.05) is 5.92 Å². The molecule has 3 N–H and O–H groups in total. The highest BCUT2D eigenvalue weighted by atomic mass is 16.4. The quantitative estimate of drug-likeness (QED) is 0.539. The molecule has 3 rings (SSSR count). The van der Waals surface area contributed by atoms with E-state index in [1.807, 2.05) is 54.6 Å². The number of carbonyl (C=O) groups is 2. The molecular formula is C23H23N3O5. The molecule has 8 heteroatoms. The smallest absolute Gasteiger partial charge is 0.322 e. The van der Waals surface area contributed by atoms with Crippen LogP contribution in [0.3, 0.4) is 0 Å². The molecule has 1 heterocycles. The molecule has 1 amide bonds. The van der Waals surface area contributed by atoms with E-state index in [-0.39, 0.29) is 18.2 Å². The minimum absolute atomic E-state index is 0.0725. The second-order valence-electron chi connectivity index (χ2n) is 7.33. The summed E-state index contributed by atoms with van der Waals surface area (Å²) in [5, 5.41) is 25.8. The topological polar surface area (TPSA) is 122 Å². The van der Waals surface area contributed by atoms with E-state index in [9.17, 15) is 19.5 Å². The Hall–Kier alpha value is -3.94. The molecule has 0 spiro atoms. The number of carboxylic acid groups (broad SMARTS) is 1. The third-order valence-corrected chi connectivity index (χ3v) is 4.75. The van der Waals surface area contributed by atoms with Crippen molar-refractivity contribution in [2.45, 2.75) is 26.3 Å². The third-order valence-electron chi connectivity index (χ3n) is 4.75. The van der Waals surface area contributed by atoms with Gasteiger partial charge in [-0.05, 0) is 16.7 Å². The van der Waals surface area contributed by atoms with Crippen molar-refractivity contribution in [3.05, 3.63) is 81.8 Å². The van der Waals surface area contributed by atoms with Crippen LogP contribution in [0.2, 0.25) is 0 Å². The van der Waals surface area contributed by atoms with Crippen LogP contribution in [0, 0.1) is 0 Å². The number of nitrogens with zero attached hydrogens (tertiary/aromatic N) is 2. The molecule has 0 fully saturated rings. The van der Waals surface area contributed by atoms with Crippen molar-refractivity contribution in [2.24, 2.45) is 0 Å². The number of aromatic nitrogens is 2. The van der Waals surface area contributed by atoms with Gasteiger partial charge in [0.2, 0.25) is 0 Å². The molecule has 8 nitrogen and oxygen atoms in total. The Kier molecular flexibility index (Phi) is 6.49. The molecule has 0 aliphatic carbocycles. The zero-order valence-corrected chi connectivity index (χ0v) is 17.2. The molecular weight excluding hydrogens is 398 g/mol. The monoisotopic (exact) mass is 421 g/mol. The van der Waals surface area contributed by atoms with E-state index in [0.29, 0.717) is 0 Å². The molecule has 0 radical (unpaired) electrons. The van der Waals surface area contributed by atoms with E-state index in [1.54, 1.807) is 13.8 Å². The molecule has 0 unspecified atom stereocenters. The van der Waals surface area contributed by atoms with Crippen LogP contribution in [0.25, 0.3) is 11.1 Å². The Morgan fingerprint density at radius 3 is 2.35 bits per heavy atom. The fraction of sp³-hybridized carbons (Fsp3) is 0.217.